The van der Waals surface area contributed by atoms with Crippen LogP contribution in [-0.4, -0.2) is 31.4 Å². The summed E-state index contributed by atoms with van der Waals surface area (Å²) in [6, 6.07) is 6.81. The maximum absolute atomic E-state index is 11.7. The minimum atomic E-state index is -0.248. The molecule has 0 bridgehead atoms. The van der Waals surface area contributed by atoms with Crippen LogP contribution in [-0.2, 0) is 9.59 Å². The number of anilines is 1. The topological polar surface area (TPSA) is 70.2 Å². The number of halogens is 1. The lowest BCUT2D eigenvalue weighted by atomic mass is 10.1. The molecule has 1 aliphatic rings. The number of nitrogens with one attached hydrogen (secondary N) is 3. The molecule has 2 amide bonds. The minimum absolute atomic E-state index is 0.0159. The molecule has 0 saturated carbocycles. The van der Waals surface area contributed by atoms with E-state index in [0.717, 1.165) is 13.0 Å². The Hall–Kier alpha value is -1.59. The van der Waals surface area contributed by atoms with Crippen molar-refractivity contribution in [2.24, 2.45) is 5.92 Å². The van der Waals surface area contributed by atoms with E-state index >= 15 is 0 Å². The molecule has 102 valence electrons. The Morgan fingerprint density at radius 3 is 2.68 bits per heavy atom. The summed E-state index contributed by atoms with van der Waals surface area (Å²) in [6.07, 6.45) is 0.824. The van der Waals surface area contributed by atoms with Gasteiger partial charge in [0.1, 0.15) is 0 Å². The van der Waals surface area contributed by atoms with E-state index in [9.17, 15) is 9.59 Å². The average molecular weight is 282 g/mol. The molecule has 2 rings (SSSR count). The van der Waals surface area contributed by atoms with E-state index in [1.165, 1.54) is 0 Å². The second-order valence-electron chi connectivity index (χ2n) is 4.46. The Balaban J connectivity index is 1.75. The SMILES string of the molecule is O=C(CNC(=O)C1CCNC1)Nc1ccc(Cl)cc1. The molecule has 1 fully saturated rings. The van der Waals surface area contributed by atoms with Gasteiger partial charge in [0, 0.05) is 17.3 Å². The highest BCUT2D eigenvalue weighted by Crippen LogP contribution is 2.13. The fourth-order valence-corrected chi connectivity index (χ4v) is 2.05. The molecule has 0 aliphatic carbocycles. The van der Waals surface area contributed by atoms with Gasteiger partial charge in [-0.1, -0.05) is 11.6 Å². The molecule has 19 heavy (non-hydrogen) atoms. The first-order valence-electron chi connectivity index (χ1n) is 6.19. The van der Waals surface area contributed by atoms with Crippen LogP contribution in [0.4, 0.5) is 5.69 Å². The summed E-state index contributed by atoms with van der Waals surface area (Å²) in [7, 11) is 0. The highest BCUT2D eigenvalue weighted by molar-refractivity contribution is 6.30. The van der Waals surface area contributed by atoms with Crippen molar-refractivity contribution in [1.82, 2.24) is 10.6 Å². The molecule has 1 aromatic rings. The highest BCUT2D eigenvalue weighted by Gasteiger charge is 2.22. The van der Waals surface area contributed by atoms with E-state index in [4.69, 9.17) is 11.6 Å². The molecule has 1 unspecified atom stereocenters. The lowest BCUT2D eigenvalue weighted by Crippen LogP contribution is -2.37. The molecule has 6 heteroatoms. The summed E-state index contributed by atoms with van der Waals surface area (Å²) in [4.78, 5) is 23.3. The smallest absolute Gasteiger partial charge is 0.243 e. The summed E-state index contributed by atoms with van der Waals surface area (Å²) in [5, 5.41) is 9.05. The predicted octanol–water partition coefficient (Wildman–Crippen LogP) is 1.00. The summed E-state index contributed by atoms with van der Waals surface area (Å²) < 4.78 is 0. The largest absolute Gasteiger partial charge is 0.347 e. The number of hydrogen-bond donors (Lipinski definition) is 3. The van der Waals surface area contributed by atoms with Crippen LogP contribution in [0.25, 0.3) is 0 Å². The van der Waals surface area contributed by atoms with Gasteiger partial charge in [0.2, 0.25) is 11.8 Å². The van der Waals surface area contributed by atoms with Crippen molar-refractivity contribution < 1.29 is 9.59 Å². The molecule has 1 saturated heterocycles. The fourth-order valence-electron chi connectivity index (χ4n) is 1.93. The van der Waals surface area contributed by atoms with Crippen LogP contribution < -0.4 is 16.0 Å². The number of benzene rings is 1. The van der Waals surface area contributed by atoms with E-state index in [2.05, 4.69) is 16.0 Å². The molecule has 5 nitrogen and oxygen atoms in total. The molecule has 1 aromatic carbocycles. The first-order chi connectivity index (χ1) is 9.15. The van der Waals surface area contributed by atoms with Gasteiger partial charge in [0.05, 0.1) is 12.5 Å². The third-order valence-electron chi connectivity index (χ3n) is 2.98. The predicted molar refractivity (Wildman–Crippen MR) is 74.1 cm³/mol. The van der Waals surface area contributed by atoms with Gasteiger partial charge >= 0.3 is 0 Å². The zero-order chi connectivity index (χ0) is 13.7. The van der Waals surface area contributed by atoms with Gasteiger partial charge in [0.15, 0.2) is 0 Å². The number of hydrogen-bond acceptors (Lipinski definition) is 3. The van der Waals surface area contributed by atoms with Crippen molar-refractivity contribution in [1.29, 1.82) is 0 Å². The molecular weight excluding hydrogens is 266 g/mol. The Kier molecular flexibility index (Phi) is 4.76. The second-order valence-corrected chi connectivity index (χ2v) is 4.90. The summed E-state index contributed by atoms with van der Waals surface area (Å²) in [5.74, 6) is -0.346. The van der Waals surface area contributed by atoms with Crippen molar-refractivity contribution in [3.63, 3.8) is 0 Å². The molecule has 1 heterocycles. The molecule has 1 atom stereocenters. The van der Waals surface area contributed by atoms with Crippen LogP contribution in [0, 0.1) is 5.92 Å². The lowest BCUT2D eigenvalue weighted by molar-refractivity contribution is -0.126. The van der Waals surface area contributed by atoms with Crippen molar-refractivity contribution in [3.05, 3.63) is 29.3 Å². The van der Waals surface area contributed by atoms with E-state index in [1.54, 1.807) is 24.3 Å². The molecule has 0 aromatic heterocycles. The van der Waals surface area contributed by atoms with Crippen LogP contribution in [0.3, 0.4) is 0 Å². The number of carbonyl (C=O) groups excluding carboxylic acids is 2. The lowest BCUT2D eigenvalue weighted by Gasteiger charge is -2.10. The maximum Gasteiger partial charge on any atom is 0.243 e. The third kappa shape index (κ3) is 4.22. The van der Waals surface area contributed by atoms with Crippen LogP contribution in [0.15, 0.2) is 24.3 Å². The normalized spacial score (nSPS) is 18.1. The quantitative estimate of drug-likeness (QED) is 0.771. The van der Waals surface area contributed by atoms with Crippen LogP contribution >= 0.6 is 11.6 Å². The van der Waals surface area contributed by atoms with Gasteiger partial charge in [-0.25, -0.2) is 0 Å². The molecule has 0 radical (unpaired) electrons. The Bertz CT molecular complexity index is 455. The maximum atomic E-state index is 11.7. The van der Waals surface area contributed by atoms with Gasteiger partial charge in [0.25, 0.3) is 0 Å². The Labute approximate surface area is 116 Å². The Morgan fingerprint density at radius 2 is 2.05 bits per heavy atom. The second kappa shape index (κ2) is 6.54. The minimum Gasteiger partial charge on any atom is -0.347 e. The van der Waals surface area contributed by atoms with Gasteiger partial charge < -0.3 is 16.0 Å². The van der Waals surface area contributed by atoms with Crippen molar-refractivity contribution in [3.8, 4) is 0 Å². The van der Waals surface area contributed by atoms with Crippen molar-refractivity contribution in [2.45, 2.75) is 6.42 Å². The highest BCUT2D eigenvalue weighted by atomic mass is 35.5. The number of amides is 2. The van der Waals surface area contributed by atoms with Gasteiger partial charge in [-0.05, 0) is 37.2 Å². The molecule has 1 aliphatic heterocycles. The van der Waals surface area contributed by atoms with Crippen molar-refractivity contribution in [2.75, 3.05) is 25.0 Å². The molecule has 3 N–H and O–H groups in total. The summed E-state index contributed by atoms with van der Waals surface area (Å²) in [5.41, 5.74) is 0.659. The molecule has 0 spiro atoms. The standard InChI is InChI=1S/C13H16ClN3O2/c14-10-1-3-11(4-2-10)17-12(18)8-16-13(19)9-5-6-15-7-9/h1-4,9,15H,5-8H2,(H,16,19)(H,17,18). The summed E-state index contributed by atoms with van der Waals surface area (Å²) >= 11 is 5.75. The van der Waals surface area contributed by atoms with Crippen LogP contribution in [0.5, 0.6) is 0 Å². The third-order valence-corrected chi connectivity index (χ3v) is 3.23. The zero-order valence-electron chi connectivity index (χ0n) is 10.4. The van der Waals surface area contributed by atoms with E-state index in [0.29, 0.717) is 17.3 Å². The first-order valence-corrected chi connectivity index (χ1v) is 6.57. The number of rotatable bonds is 4. The van der Waals surface area contributed by atoms with Crippen molar-refractivity contribution >= 4 is 29.1 Å². The fraction of sp³-hybridized carbons (Fsp3) is 0.385. The average Bonchev–Trinajstić information content (AvgIpc) is 2.93. The number of carbonyl (C=O) groups is 2. The van der Waals surface area contributed by atoms with Crippen LogP contribution in [0.2, 0.25) is 5.02 Å². The van der Waals surface area contributed by atoms with E-state index in [-0.39, 0.29) is 24.3 Å². The molecular formula is C13H16ClN3O2. The summed E-state index contributed by atoms with van der Waals surface area (Å²) in [6.45, 7) is 1.53. The van der Waals surface area contributed by atoms with Gasteiger partial charge in [-0.2, -0.15) is 0 Å². The van der Waals surface area contributed by atoms with Gasteiger partial charge in [-0.3, -0.25) is 9.59 Å². The van der Waals surface area contributed by atoms with E-state index in [1.807, 2.05) is 0 Å². The Morgan fingerprint density at radius 1 is 1.32 bits per heavy atom. The van der Waals surface area contributed by atoms with E-state index < -0.39 is 0 Å². The monoisotopic (exact) mass is 281 g/mol. The first kappa shape index (κ1) is 13.8. The van der Waals surface area contributed by atoms with Gasteiger partial charge in [-0.15, -0.1) is 0 Å². The zero-order valence-corrected chi connectivity index (χ0v) is 11.2. The van der Waals surface area contributed by atoms with Crippen LogP contribution in [0.1, 0.15) is 6.42 Å².